The predicted octanol–water partition coefficient (Wildman–Crippen LogP) is 5.13. The number of carbonyl (C=O) groups excluding carboxylic acids is 2. The molecule has 2 aliphatic heterocycles. The Morgan fingerprint density at radius 3 is 1.93 bits per heavy atom. The van der Waals surface area contributed by atoms with Crippen LogP contribution in [-0.2, 0) is 18.1 Å². The van der Waals surface area contributed by atoms with Crippen LogP contribution in [0.1, 0.15) is 20.7 Å². The first-order chi connectivity index (χ1) is 14.7. The van der Waals surface area contributed by atoms with E-state index >= 15 is 0 Å². The number of hydrogen-bond donors (Lipinski definition) is 0. The molecule has 3 aromatic rings. The SMILES string of the molecule is O=C1OP(OCCOP2OC(=O)c3cc4ccccc4cc3O2)Oc2ccccc21. The standard InChI is InChI=1S/C20H14O8P2/c21-19-15-7-3-4-8-17(15)25-29(27-19)23-9-10-24-30-26-18-12-14-6-2-1-5-13(14)11-16(18)20(22)28-30/h1-8,11-12H,9-10H2. The first-order valence-electron chi connectivity index (χ1n) is 8.96. The Bertz CT molecular complexity index is 1130. The molecule has 0 radical (unpaired) electrons. The van der Waals surface area contributed by atoms with Crippen molar-refractivity contribution in [3.8, 4) is 11.5 Å². The van der Waals surface area contributed by atoms with Crippen LogP contribution in [0.25, 0.3) is 10.8 Å². The van der Waals surface area contributed by atoms with Gasteiger partial charge in [0.2, 0.25) is 0 Å². The minimum Gasteiger partial charge on any atom is -0.417 e. The first-order valence-corrected chi connectivity index (χ1v) is 11.1. The lowest BCUT2D eigenvalue weighted by molar-refractivity contribution is 0.0621. The van der Waals surface area contributed by atoms with Gasteiger partial charge in [-0.25, -0.2) is 9.59 Å². The van der Waals surface area contributed by atoms with Crippen molar-refractivity contribution in [1.82, 2.24) is 0 Å². The van der Waals surface area contributed by atoms with E-state index in [4.69, 9.17) is 27.1 Å². The van der Waals surface area contributed by atoms with Crippen molar-refractivity contribution in [3.63, 3.8) is 0 Å². The molecule has 10 heteroatoms. The van der Waals surface area contributed by atoms with Gasteiger partial charge in [-0.1, -0.05) is 36.4 Å². The number of hydrogen-bond acceptors (Lipinski definition) is 8. The van der Waals surface area contributed by atoms with E-state index in [-0.39, 0.29) is 13.2 Å². The topological polar surface area (TPSA) is 89.5 Å². The number of rotatable bonds is 5. The summed E-state index contributed by atoms with van der Waals surface area (Å²) in [6.07, 6.45) is 0. The summed E-state index contributed by atoms with van der Waals surface area (Å²) in [5, 5.41) is 1.87. The molecule has 0 spiro atoms. The molecule has 2 atom stereocenters. The quantitative estimate of drug-likeness (QED) is 0.396. The van der Waals surface area contributed by atoms with Crippen molar-refractivity contribution in [2.24, 2.45) is 0 Å². The van der Waals surface area contributed by atoms with E-state index in [1.807, 2.05) is 24.3 Å². The molecule has 0 amide bonds. The molecule has 0 N–H and O–H groups in total. The summed E-state index contributed by atoms with van der Waals surface area (Å²) in [6, 6.07) is 17.9. The molecule has 5 rings (SSSR count). The number of para-hydroxylation sites is 1. The van der Waals surface area contributed by atoms with Gasteiger partial charge < -0.3 is 18.1 Å². The smallest absolute Gasteiger partial charge is 0.417 e. The molecule has 0 bridgehead atoms. The van der Waals surface area contributed by atoms with E-state index in [2.05, 4.69) is 0 Å². The molecule has 0 saturated carbocycles. The monoisotopic (exact) mass is 444 g/mol. The zero-order valence-corrected chi connectivity index (χ0v) is 17.1. The number of fused-ring (bicyclic) bond motifs is 3. The maximum Gasteiger partial charge on any atom is 0.465 e. The van der Waals surface area contributed by atoms with Crippen LogP contribution in [0, 0.1) is 0 Å². The summed E-state index contributed by atoms with van der Waals surface area (Å²) in [7, 11) is -3.77. The Kier molecular flexibility index (Phi) is 5.23. The van der Waals surface area contributed by atoms with Gasteiger partial charge in [0.1, 0.15) is 22.6 Å². The summed E-state index contributed by atoms with van der Waals surface area (Å²) < 4.78 is 32.5. The fourth-order valence-electron chi connectivity index (χ4n) is 2.93. The summed E-state index contributed by atoms with van der Waals surface area (Å²) in [5.41, 5.74) is 0.713. The molecule has 0 aromatic heterocycles. The second kappa shape index (κ2) is 8.17. The molecule has 2 heterocycles. The van der Waals surface area contributed by atoms with Gasteiger partial charge in [-0.3, -0.25) is 9.05 Å². The van der Waals surface area contributed by atoms with E-state index in [0.717, 1.165) is 10.8 Å². The third-order valence-electron chi connectivity index (χ3n) is 4.31. The van der Waals surface area contributed by atoms with Crippen LogP contribution < -0.4 is 9.05 Å². The third kappa shape index (κ3) is 3.83. The zero-order valence-electron chi connectivity index (χ0n) is 15.3. The molecule has 0 fully saturated rings. The molecule has 3 aromatic carbocycles. The van der Waals surface area contributed by atoms with Crippen molar-refractivity contribution >= 4 is 39.9 Å². The Hall–Kier alpha value is -2.76. The van der Waals surface area contributed by atoms with E-state index in [1.165, 1.54) is 0 Å². The minimum atomic E-state index is -1.90. The molecule has 8 nitrogen and oxygen atoms in total. The lowest BCUT2D eigenvalue weighted by Gasteiger charge is -2.24. The Morgan fingerprint density at radius 2 is 1.20 bits per heavy atom. The van der Waals surface area contributed by atoms with Crippen molar-refractivity contribution in [1.29, 1.82) is 0 Å². The molecular formula is C20H14O8P2. The van der Waals surface area contributed by atoms with E-state index in [9.17, 15) is 9.59 Å². The summed E-state index contributed by atoms with van der Waals surface area (Å²) >= 11 is 0. The van der Waals surface area contributed by atoms with Crippen LogP contribution >= 0.6 is 17.2 Å². The Morgan fingerprint density at radius 1 is 0.633 bits per heavy atom. The van der Waals surface area contributed by atoms with E-state index in [0.29, 0.717) is 22.6 Å². The molecule has 2 aliphatic rings. The molecule has 152 valence electrons. The van der Waals surface area contributed by atoms with Crippen molar-refractivity contribution in [2.75, 3.05) is 13.2 Å². The lowest BCUT2D eigenvalue weighted by Crippen LogP contribution is -2.16. The van der Waals surface area contributed by atoms with Crippen molar-refractivity contribution < 1.29 is 36.7 Å². The number of benzene rings is 3. The van der Waals surface area contributed by atoms with Gasteiger partial charge in [0.05, 0.1) is 13.2 Å². The van der Waals surface area contributed by atoms with Gasteiger partial charge in [0, 0.05) is 0 Å². The molecule has 2 unspecified atom stereocenters. The minimum absolute atomic E-state index is 0.0588. The van der Waals surface area contributed by atoms with Crippen LogP contribution in [0.15, 0.2) is 60.7 Å². The summed E-state index contributed by atoms with van der Waals surface area (Å²) in [6.45, 7) is 0.120. The fraction of sp³-hybridized carbons (Fsp3) is 0.100. The van der Waals surface area contributed by atoms with Gasteiger partial charge in [-0.15, -0.1) is 0 Å². The summed E-state index contributed by atoms with van der Waals surface area (Å²) in [5.74, 6) is -0.165. The van der Waals surface area contributed by atoms with Crippen molar-refractivity contribution in [3.05, 3.63) is 71.8 Å². The fourth-order valence-corrected chi connectivity index (χ4v) is 4.76. The Balaban J connectivity index is 1.16. The Labute approximate surface area is 173 Å². The second-order valence-corrected chi connectivity index (χ2v) is 8.39. The highest BCUT2D eigenvalue weighted by molar-refractivity contribution is 7.43. The second-order valence-electron chi connectivity index (χ2n) is 6.25. The van der Waals surface area contributed by atoms with Crippen LogP contribution in [0.5, 0.6) is 11.5 Å². The highest BCUT2D eigenvalue weighted by Gasteiger charge is 2.33. The van der Waals surface area contributed by atoms with Gasteiger partial charge >= 0.3 is 29.1 Å². The van der Waals surface area contributed by atoms with Gasteiger partial charge in [-0.05, 0) is 35.0 Å². The van der Waals surface area contributed by atoms with Crippen LogP contribution in [0.3, 0.4) is 0 Å². The van der Waals surface area contributed by atoms with Gasteiger partial charge in [0.25, 0.3) is 0 Å². The normalized spacial score (nSPS) is 19.7. The van der Waals surface area contributed by atoms with E-state index < -0.39 is 29.1 Å². The van der Waals surface area contributed by atoms with Gasteiger partial charge in [0.15, 0.2) is 0 Å². The third-order valence-corrected chi connectivity index (χ3v) is 6.42. The maximum atomic E-state index is 12.3. The first kappa shape index (κ1) is 19.2. The highest BCUT2D eigenvalue weighted by atomic mass is 31.2. The average molecular weight is 444 g/mol. The largest absolute Gasteiger partial charge is 0.465 e. The molecule has 30 heavy (non-hydrogen) atoms. The zero-order chi connectivity index (χ0) is 20.5. The lowest BCUT2D eigenvalue weighted by atomic mass is 10.1. The predicted molar refractivity (Wildman–Crippen MR) is 108 cm³/mol. The maximum absolute atomic E-state index is 12.3. The molecule has 0 saturated heterocycles. The summed E-state index contributed by atoms with van der Waals surface area (Å²) in [4.78, 5) is 24.3. The van der Waals surface area contributed by atoms with Crippen LogP contribution in [0.4, 0.5) is 0 Å². The van der Waals surface area contributed by atoms with Crippen LogP contribution in [-0.4, -0.2) is 25.2 Å². The molecule has 0 aliphatic carbocycles. The average Bonchev–Trinajstić information content (AvgIpc) is 2.76. The van der Waals surface area contributed by atoms with E-state index in [1.54, 1.807) is 36.4 Å². The van der Waals surface area contributed by atoms with Crippen molar-refractivity contribution in [2.45, 2.75) is 0 Å². The number of carbonyl (C=O) groups is 2. The van der Waals surface area contributed by atoms with Gasteiger partial charge in [-0.2, -0.15) is 0 Å². The van der Waals surface area contributed by atoms with Crippen LogP contribution in [0.2, 0.25) is 0 Å². The molecular weight excluding hydrogens is 430 g/mol. The highest BCUT2D eigenvalue weighted by Crippen LogP contribution is 2.49.